The van der Waals surface area contributed by atoms with Gasteiger partial charge in [0.15, 0.2) is 6.10 Å². The van der Waals surface area contributed by atoms with Crippen LogP contribution in [0.25, 0.3) is 0 Å². The molecule has 0 aromatic carbocycles. The number of esters is 3. The molecule has 0 saturated carbocycles. The molecule has 0 aromatic rings. The molecule has 0 bridgehead atoms. The minimum Gasteiger partial charge on any atom is -0.462 e. The van der Waals surface area contributed by atoms with E-state index in [1.807, 2.05) is 6.08 Å². The Labute approximate surface area is 437 Å². The predicted octanol–water partition coefficient (Wildman–Crippen LogP) is 16.2. The molecule has 0 radical (unpaired) electrons. The zero-order valence-electron chi connectivity index (χ0n) is 45.1. The molecule has 0 rings (SSSR count). The van der Waals surface area contributed by atoms with Gasteiger partial charge in [-0.05, 0) is 116 Å². The summed E-state index contributed by atoms with van der Waals surface area (Å²) in [6.07, 6.45) is 63.4. The molecule has 0 spiro atoms. The Bertz CT molecular complexity index is 1620. The summed E-state index contributed by atoms with van der Waals surface area (Å²) in [6, 6.07) is 0. The van der Waals surface area contributed by atoms with E-state index in [1.54, 1.807) is 0 Å². The largest absolute Gasteiger partial charge is 0.472 e. The molecule has 0 aliphatic rings. The van der Waals surface area contributed by atoms with Crippen LogP contribution >= 0.6 is 7.82 Å². The lowest BCUT2D eigenvalue weighted by Crippen LogP contribution is -2.30. The van der Waals surface area contributed by atoms with Crippen molar-refractivity contribution in [2.24, 2.45) is 0 Å². The van der Waals surface area contributed by atoms with Crippen LogP contribution in [0.3, 0.4) is 0 Å². The van der Waals surface area contributed by atoms with Crippen LogP contribution in [-0.4, -0.2) is 66.5 Å². The van der Waals surface area contributed by atoms with E-state index in [2.05, 4.69) is 124 Å². The van der Waals surface area contributed by atoms with Gasteiger partial charge in [0.25, 0.3) is 0 Å². The molecule has 12 heteroatoms. The Hall–Kier alpha value is -3.86. The van der Waals surface area contributed by atoms with Crippen molar-refractivity contribution in [3.63, 3.8) is 0 Å². The Balaban J connectivity index is 4.86. The topological polar surface area (TPSA) is 155 Å². The lowest BCUT2D eigenvalue weighted by atomic mass is 10.1. The monoisotopic (exact) mass is 1030 g/mol. The van der Waals surface area contributed by atoms with Gasteiger partial charge in [-0.3, -0.25) is 23.4 Å². The van der Waals surface area contributed by atoms with Crippen molar-refractivity contribution < 1.29 is 52.2 Å². The second-order valence-electron chi connectivity index (χ2n) is 18.0. The van der Waals surface area contributed by atoms with Crippen molar-refractivity contribution in [1.82, 2.24) is 0 Å². The van der Waals surface area contributed by atoms with Crippen LogP contribution in [0.1, 0.15) is 213 Å². The molecular formula is C60H99O11P. The number of rotatable bonds is 50. The molecule has 0 saturated heterocycles. The first-order valence-corrected chi connectivity index (χ1v) is 29.3. The Morgan fingerprint density at radius 3 is 1.17 bits per heavy atom. The molecule has 0 aromatic heterocycles. The molecule has 11 nitrogen and oxygen atoms in total. The van der Waals surface area contributed by atoms with Crippen LogP contribution < -0.4 is 0 Å². The molecule has 0 aliphatic heterocycles. The van der Waals surface area contributed by atoms with E-state index in [0.29, 0.717) is 25.7 Å². The van der Waals surface area contributed by atoms with Gasteiger partial charge < -0.3 is 24.2 Å². The number of hydrogen-bond acceptors (Lipinski definition) is 10. The maximum atomic E-state index is 12.9. The van der Waals surface area contributed by atoms with Crippen LogP contribution in [0, 0.1) is 0 Å². The molecular weight excluding hydrogens is 928 g/mol. The average Bonchev–Trinajstić information content (AvgIpc) is 3.37. The lowest BCUT2D eigenvalue weighted by molar-refractivity contribution is -0.161. The van der Waals surface area contributed by atoms with E-state index in [-0.39, 0.29) is 25.9 Å². The molecule has 0 aliphatic carbocycles. The van der Waals surface area contributed by atoms with Gasteiger partial charge >= 0.3 is 25.7 Å². The average molecular weight is 1030 g/mol. The fourth-order valence-electron chi connectivity index (χ4n) is 6.99. The smallest absolute Gasteiger partial charge is 0.462 e. The summed E-state index contributed by atoms with van der Waals surface area (Å²) in [7, 11) is -4.77. The molecule has 0 heterocycles. The maximum Gasteiger partial charge on any atom is 0.472 e. The van der Waals surface area contributed by atoms with E-state index >= 15 is 0 Å². The zero-order valence-corrected chi connectivity index (χ0v) is 46.0. The van der Waals surface area contributed by atoms with Crippen LogP contribution in [0.2, 0.25) is 0 Å². The van der Waals surface area contributed by atoms with Crippen LogP contribution in [0.4, 0.5) is 0 Å². The first-order chi connectivity index (χ1) is 35.2. The standard InChI is InChI=1S/C60H99O11P/c1-4-7-10-13-16-19-22-25-27-28-30-32-34-37-40-43-46-49-58(62)67-53-57(71-60(64)51-48-45-42-39-36-33-29-26-23-20-17-14-11-8-5-2)55-69-72(65,66)68-54-56(52-61)70-59(63)50-47-44-41-38-35-31-24-21-18-15-12-9-6-3/h7-8,10-11,16-17,19-21,24-27,29-30,32,37,40,56-57,61H,4-6,9,12-15,18,22-23,28,31,33-36,38-39,41-55H2,1-3H3,(H,65,66)/b10-7-,11-8-,19-16-,20-17-,24-21-,27-25-,29-26-,32-30-,40-37-. The number of carbonyl (C=O) groups is 3. The fraction of sp³-hybridized carbons (Fsp3) is 0.650. The Morgan fingerprint density at radius 2 is 0.736 bits per heavy atom. The Morgan fingerprint density at radius 1 is 0.403 bits per heavy atom. The molecule has 3 atom stereocenters. The highest BCUT2D eigenvalue weighted by Crippen LogP contribution is 2.43. The Kier molecular flexibility index (Phi) is 50.6. The predicted molar refractivity (Wildman–Crippen MR) is 297 cm³/mol. The van der Waals surface area contributed by atoms with Gasteiger partial charge in [0, 0.05) is 19.3 Å². The van der Waals surface area contributed by atoms with E-state index in [9.17, 15) is 28.9 Å². The van der Waals surface area contributed by atoms with Gasteiger partial charge in [0.2, 0.25) is 0 Å². The lowest BCUT2D eigenvalue weighted by Gasteiger charge is -2.21. The van der Waals surface area contributed by atoms with E-state index in [1.165, 1.54) is 25.7 Å². The molecule has 2 N–H and O–H groups in total. The first-order valence-electron chi connectivity index (χ1n) is 27.8. The number of aliphatic hydroxyl groups excluding tert-OH is 1. The van der Waals surface area contributed by atoms with E-state index in [0.717, 1.165) is 122 Å². The van der Waals surface area contributed by atoms with Gasteiger partial charge in [-0.1, -0.05) is 188 Å². The number of phosphoric ester groups is 1. The minimum absolute atomic E-state index is 0.130. The van der Waals surface area contributed by atoms with Crippen LogP contribution in [0.15, 0.2) is 109 Å². The third kappa shape index (κ3) is 51.1. The minimum atomic E-state index is -4.77. The van der Waals surface area contributed by atoms with Crippen molar-refractivity contribution >= 4 is 25.7 Å². The fourth-order valence-corrected chi connectivity index (χ4v) is 7.77. The number of unbranched alkanes of at least 4 members (excludes halogenated alkanes) is 15. The molecule has 3 unspecified atom stereocenters. The van der Waals surface area contributed by atoms with Gasteiger partial charge in [-0.25, -0.2) is 4.57 Å². The van der Waals surface area contributed by atoms with Gasteiger partial charge in [-0.2, -0.15) is 0 Å². The zero-order chi connectivity index (χ0) is 52.7. The summed E-state index contributed by atoms with van der Waals surface area (Å²) in [5.41, 5.74) is 0. The van der Waals surface area contributed by atoms with Gasteiger partial charge in [-0.15, -0.1) is 0 Å². The van der Waals surface area contributed by atoms with Crippen molar-refractivity contribution in [1.29, 1.82) is 0 Å². The van der Waals surface area contributed by atoms with Crippen molar-refractivity contribution in [2.75, 3.05) is 26.4 Å². The second kappa shape index (κ2) is 53.4. The number of carbonyl (C=O) groups excluding carboxylic acids is 3. The van der Waals surface area contributed by atoms with E-state index < -0.39 is 57.8 Å². The second-order valence-corrected chi connectivity index (χ2v) is 19.4. The normalized spacial score (nSPS) is 14.2. The molecule has 0 amide bonds. The number of aliphatic hydroxyl groups is 1. The number of phosphoric acid groups is 1. The van der Waals surface area contributed by atoms with Crippen LogP contribution in [0.5, 0.6) is 0 Å². The van der Waals surface area contributed by atoms with Crippen molar-refractivity contribution in [2.45, 2.75) is 226 Å². The first kappa shape index (κ1) is 68.1. The highest BCUT2D eigenvalue weighted by molar-refractivity contribution is 7.47. The maximum absolute atomic E-state index is 12.9. The molecule has 410 valence electrons. The van der Waals surface area contributed by atoms with Crippen LogP contribution in [-0.2, 0) is 42.2 Å². The number of hydrogen-bond donors (Lipinski definition) is 2. The molecule has 72 heavy (non-hydrogen) atoms. The third-order valence-corrected chi connectivity index (χ3v) is 12.1. The van der Waals surface area contributed by atoms with Crippen molar-refractivity contribution in [3.05, 3.63) is 109 Å². The van der Waals surface area contributed by atoms with Gasteiger partial charge in [0.05, 0.1) is 19.8 Å². The summed E-state index contributed by atoms with van der Waals surface area (Å²) in [6.45, 7) is 4.29. The quantitative estimate of drug-likeness (QED) is 0.0197. The summed E-state index contributed by atoms with van der Waals surface area (Å²) in [4.78, 5) is 48.4. The van der Waals surface area contributed by atoms with E-state index in [4.69, 9.17) is 23.3 Å². The van der Waals surface area contributed by atoms with Gasteiger partial charge in [0.1, 0.15) is 12.7 Å². The summed E-state index contributed by atoms with van der Waals surface area (Å²) in [5.74, 6) is -1.57. The summed E-state index contributed by atoms with van der Waals surface area (Å²) < 4.78 is 39.4. The number of ether oxygens (including phenoxy) is 3. The highest BCUT2D eigenvalue weighted by atomic mass is 31.2. The highest BCUT2D eigenvalue weighted by Gasteiger charge is 2.28. The van der Waals surface area contributed by atoms with Crippen molar-refractivity contribution in [3.8, 4) is 0 Å². The summed E-state index contributed by atoms with van der Waals surface area (Å²) in [5, 5.41) is 9.79. The number of allylic oxidation sites excluding steroid dienone is 18. The SMILES string of the molecule is CC/C=C\C/C=C\C/C=C\C/C=C\C/C=C\CCCC(=O)OCC(COP(=O)(O)OCC(CO)OC(=O)CCCCCCC/C=C\CCCCCC)OC(=O)CCCCCCC/C=C\C/C=C\C/C=C\CC. The summed E-state index contributed by atoms with van der Waals surface area (Å²) >= 11 is 0. The molecule has 0 fully saturated rings. The third-order valence-electron chi connectivity index (χ3n) is 11.2.